The second-order valence-electron chi connectivity index (χ2n) is 8.14. The summed E-state index contributed by atoms with van der Waals surface area (Å²) in [7, 11) is 1.51. The van der Waals surface area contributed by atoms with Crippen molar-refractivity contribution in [2.75, 3.05) is 46.4 Å². The molecule has 187 valence electrons. The Labute approximate surface area is 194 Å². The third-order valence-corrected chi connectivity index (χ3v) is 5.90. The lowest BCUT2D eigenvalue weighted by atomic mass is 9.94. The highest BCUT2D eigenvalue weighted by Gasteiger charge is 2.37. The summed E-state index contributed by atoms with van der Waals surface area (Å²) in [6.07, 6.45) is -8.13. The SMILES string of the molecule is COc1ccccc1C([CH]Cc1cc(C(F)(F)F)cc(C(F)(F)F)c1)N1CCN(CCO)CC1. The van der Waals surface area contributed by atoms with Crippen molar-refractivity contribution in [3.63, 3.8) is 0 Å². The van der Waals surface area contributed by atoms with Gasteiger partial charge in [0.25, 0.3) is 0 Å². The van der Waals surface area contributed by atoms with E-state index in [1.54, 1.807) is 18.6 Å². The van der Waals surface area contributed by atoms with Crippen LogP contribution in [0.15, 0.2) is 42.5 Å². The molecule has 2 aromatic carbocycles. The van der Waals surface area contributed by atoms with Crippen molar-refractivity contribution in [2.45, 2.75) is 24.8 Å². The van der Waals surface area contributed by atoms with Crippen molar-refractivity contribution in [2.24, 2.45) is 0 Å². The summed E-state index contributed by atoms with van der Waals surface area (Å²) in [6, 6.07) is 8.51. The van der Waals surface area contributed by atoms with Crippen molar-refractivity contribution in [1.29, 1.82) is 0 Å². The maximum absolute atomic E-state index is 13.3. The number of hydrogen-bond donors (Lipinski definition) is 1. The van der Waals surface area contributed by atoms with Crippen LogP contribution in [0.3, 0.4) is 0 Å². The van der Waals surface area contributed by atoms with Gasteiger partial charge >= 0.3 is 12.4 Å². The fraction of sp³-hybridized carbons (Fsp3) is 0.458. The van der Waals surface area contributed by atoms with Gasteiger partial charge in [0.2, 0.25) is 0 Å². The van der Waals surface area contributed by atoms with Crippen LogP contribution in [-0.2, 0) is 18.8 Å². The van der Waals surface area contributed by atoms with Gasteiger partial charge in [-0.05, 0) is 42.7 Å². The average Bonchev–Trinajstić information content (AvgIpc) is 2.79. The lowest BCUT2D eigenvalue weighted by molar-refractivity contribution is -0.143. The van der Waals surface area contributed by atoms with Crippen LogP contribution < -0.4 is 4.74 Å². The third-order valence-electron chi connectivity index (χ3n) is 5.90. The average molecular weight is 489 g/mol. The molecule has 1 unspecified atom stereocenters. The summed E-state index contributed by atoms with van der Waals surface area (Å²) in [4.78, 5) is 4.21. The Morgan fingerprint density at radius 2 is 1.53 bits per heavy atom. The van der Waals surface area contributed by atoms with Crippen LogP contribution in [0.25, 0.3) is 0 Å². The molecule has 0 aliphatic carbocycles. The molecule has 1 aliphatic heterocycles. The number of piperazine rings is 1. The lowest BCUT2D eigenvalue weighted by Crippen LogP contribution is -2.48. The molecule has 1 fully saturated rings. The number of ether oxygens (including phenoxy) is 1. The Kier molecular flexibility index (Phi) is 8.48. The minimum atomic E-state index is -4.89. The third kappa shape index (κ3) is 6.64. The first-order valence-corrected chi connectivity index (χ1v) is 10.8. The molecule has 4 nitrogen and oxygen atoms in total. The van der Waals surface area contributed by atoms with Crippen molar-refractivity contribution in [3.8, 4) is 5.75 Å². The van der Waals surface area contributed by atoms with E-state index in [1.165, 1.54) is 7.11 Å². The van der Waals surface area contributed by atoms with Crippen LogP contribution in [-0.4, -0.2) is 61.3 Å². The minimum absolute atomic E-state index is 0.0408. The lowest BCUT2D eigenvalue weighted by Gasteiger charge is -2.39. The molecule has 1 aliphatic rings. The molecule has 0 spiro atoms. The minimum Gasteiger partial charge on any atom is -0.496 e. The fourth-order valence-electron chi connectivity index (χ4n) is 4.17. The molecule has 1 saturated heterocycles. The van der Waals surface area contributed by atoms with E-state index in [0.29, 0.717) is 38.5 Å². The number of alkyl halides is 6. The van der Waals surface area contributed by atoms with E-state index in [4.69, 9.17) is 4.74 Å². The fourth-order valence-corrected chi connectivity index (χ4v) is 4.17. The second kappa shape index (κ2) is 11.0. The summed E-state index contributed by atoms with van der Waals surface area (Å²) < 4.78 is 85.1. The normalized spacial score (nSPS) is 17.1. The first-order valence-electron chi connectivity index (χ1n) is 10.8. The van der Waals surface area contributed by atoms with Gasteiger partial charge in [-0.15, -0.1) is 0 Å². The number of halogens is 6. The van der Waals surface area contributed by atoms with Gasteiger partial charge in [-0.3, -0.25) is 9.80 Å². The molecule has 0 saturated carbocycles. The number of benzene rings is 2. The van der Waals surface area contributed by atoms with E-state index in [9.17, 15) is 31.4 Å². The van der Waals surface area contributed by atoms with E-state index >= 15 is 0 Å². The van der Waals surface area contributed by atoms with E-state index in [-0.39, 0.29) is 30.7 Å². The standard InChI is InChI=1S/C24H27F6N2O2/c1-34-22-5-3-2-4-20(22)21(32-10-8-31(9-11-32)12-13-33)7-6-17-14-18(23(25,26)27)16-19(15-17)24(28,29)30/h2-5,7,14-16,21,33H,6,8-13H2,1H3. The van der Waals surface area contributed by atoms with Crippen LogP contribution in [0.5, 0.6) is 5.75 Å². The molecule has 0 aromatic heterocycles. The van der Waals surface area contributed by atoms with Crippen LogP contribution in [0.4, 0.5) is 26.3 Å². The Hall–Kier alpha value is -2.30. The van der Waals surface area contributed by atoms with Crippen molar-refractivity contribution in [1.82, 2.24) is 9.80 Å². The van der Waals surface area contributed by atoms with Crippen LogP contribution in [0, 0.1) is 6.42 Å². The molecular formula is C24H27F6N2O2. The van der Waals surface area contributed by atoms with Crippen molar-refractivity contribution < 1.29 is 36.2 Å². The van der Waals surface area contributed by atoms with Crippen molar-refractivity contribution in [3.05, 3.63) is 71.1 Å². The molecule has 0 bridgehead atoms. The molecule has 1 atom stereocenters. The Morgan fingerprint density at radius 3 is 2.06 bits per heavy atom. The second-order valence-corrected chi connectivity index (χ2v) is 8.14. The zero-order chi connectivity index (χ0) is 24.9. The topological polar surface area (TPSA) is 35.9 Å². The zero-order valence-corrected chi connectivity index (χ0v) is 18.7. The zero-order valence-electron chi connectivity index (χ0n) is 18.7. The summed E-state index contributed by atoms with van der Waals surface area (Å²) in [5, 5.41) is 9.17. The van der Waals surface area contributed by atoms with Gasteiger partial charge in [-0.25, -0.2) is 0 Å². The number of nitrogens with zero attached hydrogens (tertiary/aromatic N) is 2. The molecule has 1 radical (unpaired) electrons. The Balaban J connectivity index is 1.89. The van der Waals surface area contributed by atoms with Crippen molar-refractivity contribution >= 4 is 0 Å². The van der Waals surface area contributed by atoms with Crippen LogP contribution in [0.1, 0.15) is 28.3 Å². The van der Waals surface area contributed by atoms with E-state index < -0.39 is 23.5 Å². The monoisotopic (exact) mass is 489 g/mol. The maximum Gasteiger partial charge on any atom is 0.416 e. The molecule has 2 aromatic rings. The summed E-state index contributed by atoms with van der Waals surface area (Å²) in [5.41, 5.74) is -1.93. The van der Waals surface area contributed by atoms with Gasteiger partial charge in [0.05, 0.1) is 24.8 Å². The molecule has 1 N–H and O–H groups in total. The van der Waals surface area contributed by atoms with Gasteiger partial charge in [-0.1, -0.05) is 18.2 Å². The molecule has 3 rings (SSSR count). The number of β-amino-alcohol motifs (C(OH)–C–C–N with tert-alkyl or cyclic N) is 1. The highest BCUT2D eigenvalue weighted by Crippen LogP contribution is 2.38. The largest absolute Gasteiger partial charge is 0.496 e. The van der Waals surface area contributed by atoms with Crippen LogP contribution >= 0.6 is 0 Å². The maximum atomic E-state index is 13.3. The Morgan fingerprint density at radius 1 is 0.941 bits per heavy atom. The number of aliphatic hydroxyl groups excluding tert-OH is 1. The molecule has 10 heteroatoms. The summed E-state index contributed by atoms with van der Waals surface area (Å²) in [5.74, 6) is 0.585. The number of methoxy groups -OCH3 is 1. The predicted molar refractivity (Wildman–Crippen MR) is 115 cm³/mol. The van der Waals surface area contributed by atoms with Gasteiger partial charge < -0.3 is 9.84 Å². The van der Waals surface area contributed by atoms with Gasteiger partial charge in [0.1, 0.15) is 5.75 Å². The summed E-state index contributed by atoms with van der Waals surface area (Å²) in [6.45, 7) is 3.19. The first kappa shape index (κ1) is 26.3. The van der Waals surface area contributed by atoms with Gasteiger partial charge in [0.15, 0.2) is 0 Å². The first-order chi connectivity index (χ1) is 16.0. The smallest absolute Gasteiger partial charge is 0.416 e. The number of para-hydroxylation sites is 1. The van der Waals surface area contributed by atoms with Gasteiger partial charge in [-0.2, -0.15) is 26.3 Å². The number of hydrogen-bond acceptors (Lipinski definition) is 4. The highest BCUT2D eigenvalue weighted by molar-refractivity contribution is 5.39. The number of rotatable bonds is 8. The molecule has 34 heavy (non-hydrogen) atoms. The highest BCUT2D eigenvalue weighted by atomic mass is 19.4. The van der Waals surface area contributed by atoms with E-state index in [0.717, 1.165) is 17.7 Å². The number of aliphatic hydroxyl groups is 1. The quantitative estimate of drug-likeness (QED) is 0.539. The predicted octanol–water partition coefficient (Wildman–Crippen LogP) is 4.83. The van der Waals surface area contributed by atoms with E-state index in [1.807, 2.05) is 12.1 Å². The summed E-state index contributed by atoms with van der Waals surface area (Å²) >= 11 is 0. The van der Waals surface area contributed by atoms with E-state index in [2.05, 4.69) is 9.80 Å². The Bertz CT molecular complexity index is 908. The van der Waals surface area contributed by atoms with Crippen LogP contribution in [0.2, 0.25) is 0 Å². The molecule has 1 heterocycles. The molecular weight excluding hydrogens is 462 g/mol. The molecule has 0 amide bonds. The van der Waals surface area contributed by atoms with Gasteiger partial charge in [0, 0.05) is 44.3 Å².